The summed E-state index contributed by atoms with van der Waals surface area (Å²) in [6, 6.07) is 22.7. The fourth-order valence-corrected chi connectivity index (χ4v) is 5.54. The van der Waals surface area contributed by atoms with E-state index in [1.54, 1.807) is 43.3 Å². The first-order valence-corrected chi connectivity index (χ1v) is 14.2. The van der Waals surface area contributed by atoms with Gasteiger partial charge in [-0.15, -0.1) is 0 Å². The normalized spacial score (nSPS) is 14.7. The van der Waals surface area contributed by atoms with E-state index in [2.05, 4.69) is 15.9 Å². The molecule has 43 heavy (non-hydrogen) atoms. The van der Waals surface area contributed by atoms with Gasteiger partial charge >= 0.3 is 6.18 Å². The molecule has 10 heteroatoms. The maximum Gasteiger partial charge on any atom is 0.416 e. The minimum atomic E-state index is -4.64. The second kappa shape index (κ2) is 11.3. The summed E-state index contributed by atoms with van der Waals surface area (Å²) in [4.78, 5) is 29.0. The molecule has 1 aliphatic rings. The van der Waals surface area contributed by atoms with Crippen LogP contribution >= 0.6 is 15.9 Å². The van der Waals surface area contributed by atoms with Gasteiger partial charge in [0.25, 0.3) is 5.91 Å². The van der Waals surface area contributed by atoms with Gasteiger partial charge in [-0.2, -0.15) is 13.2 Å². The van der Waals surface area contributed by atoms with Gasteiger partial charge in [-0.05, 0) is 66.6 Å². The molecule has 1 aliphatic heterocycles. The van der Waals surface area contributed by atoms with Crippen molar-refractivity contribution in [3.63, 3.8) is 0 Å². The van der Waals surface area contributed by atoms with E-state index in [4.69, 9.17) is 13.9 Å². The second-order valence-corrected chi connectivity index (χ2v) is 10.8. The van der Waals surface area contributed by atoms with Crippen LogP contribution in [0.1, 0.15) is 45.8 Å². The molecule has 0 saturated carbocycles. The van der Waals surface area contributed by atoms with E-state index in [1.165, 1.54) is 12.1 Å². The highest BCUT2D eigenvalue weighted by molar-refractivity contribution is 9.10. The summed E-state index contributed by atoms with van der Waals surface area (Å²) in [5, 5.41) is 0.227. The first-order valence-electron chi connectivity index (χ1n) is 13.4. The van der Waals surface area contributed by atoms with Gasteiger partial charge < -0.3 is 13.9 Å². The molecular formula is C33H23BrF3NO5. The Bertz CT molecular complexity index is 1910. The molecule has 6 nitrogen and oxygen atoms in total. The predicted molar refractivity (Wildman–Crippen MR) is 159 cm³/mol. The van der Waals surface area contributed by atoms with E-state index in [1.807, 2.05) is 30.3 Å². The van der Waals surface area contributed by atoms with Crippen molar-refractivity contribution in [2.24, 2.45) is 0 Å². The maximum atomic E-state index is 13.9. The van der Waals surface area contributed by atoms with Crippen molar-refractivity contribution in [2.75, 3.05) is 11.5 Å². The molecule has 2 heterocycles. The number of hydrogen-bond donors (Lipinski definition) is 0. The molecule has 1 aromatic heterocycles. The number of nitrogens with zero attached hydrogens (tertiary/aromatic N) is 1. The summed E-state index contributed by atoms with van der Waals surface area (Å²) in [5.41, 5.74) is 0.145. The van der Waals surface area contributed by atoms with Crippen molar-refractivity contribution in [3.8, 4) is 11.5 Å². The Hall–Kier alpha value is -4.57. The molecule has 4 aromatic carbocycles. The average molecular weight is 650 g/mol. The van der Waals surface area contributed by atoms with Crippen molar-refractivity contribution in [1.29, 1.82) is 0 Å². The number of hydrogen-bond acceptors (Lipinski definition) is 5. The van der Waals surface area contributed by atoms with E-state index >= 15 is 0 Å². The van der Waals surface area contributed by atoms with E-state index in [0.717, 1.165) is 22.6 Å². The van der Waals surface area contributed by atoms with Crippen molar-refractivity contribution in [3.05, 3.63) is 134 Å². The van der Waals surface area contributed by atoms with Gasteiger partial charge in [0.15, 0.2) is 16.9 Å². The van der Waals surface area contributed by atoms with Crippen molar-refractivity contribution >= 4 is 38.5 Å². The maximum absolute atomic E-state index is 13.9. The Labute approximate surface area is 252 Å². The number of carbonyl (C=O) groups excluding carboxylic acids is 1. The van der Waals surface area contributed by atoms with Gasteiger partial charge in [0, 0.05) is 10.2 Å². The number of rotatable bonds is 7. The molecule has 0 spiro atoms. The molecule has 1 atom stereocenters. The molecule has 0 radical (unpaired) electrons. The largest absolute Gasteiger partial charge is 0.490 e. The lowest BCUT2D eigenvalue weighted by Crippen LogP contribution is -2.29. The number of amides is 1. The van der Waals surface area contributed by atoms with Gasteiger partial charge in [0.2, 0.25) is 5.76 Å². The van der Waals surface area contributed by atoms with Crippen LogP contribution in [0.5, 0.6) is 11.5 Å². The minimum Gasteiger partial charge on any atom is -0.490 e. The fourth-order valence-electron chi connectivity index (χ4n) is 5.18. The van der Waals surface area contributed by atoms with Crippen molar-refractivity contribution in [2.45, 2.75) is 25.7 Å². The second-order valence-electron chi connectivity index (χ2n) is 9.85. The summed E-state index contributed by atoms with van der Waals surface area (Å²) in [6.07, 6.45) is -4.64. The zero-order valence-electron chi connectivity index (χ0n) is 22.7. The third kappa shape index (κ3) is 5.38. The highest BCUT2D eigenvalue weighted by Gasteiger charge is 2.44. The summed E-state index contributed by atoms with van der Waals surface area (Å²) >= 11 is 3.37. The topological polar surface area (TPSA) is 69.0 Å². The van der Waals surface area contributed by atoms with Gasteiger partial charge in [0.1, 0.15) is 12.2 Å². The smallest absolute Gasteiger partial charge is 0.416 e. The van der Waals surface area contributed by atoms with E-state index in [-0.39, 0.29) is 34.6 Å². The van der Waals surface area contributed by atoms with Crippen molar-refractivity contribution < 1.29 is 31.9 Å². The third-order valence-corrected chi connectivity index (χ3v) is 7.60. The zero-order chi connectivity index (χ0) is 30.3. The van der Waals surface area contributed by atoms with Gasteiger partial charge in [-0.25, -0.2) is 0 Å². The number of halogens is 4. The summed E-state index contributed by atoms with van der Waals surface area (Å²) in [5.74, 6) is -0.180. The van der Waals surface area contributed by atoms with Crippen LogP contribution in [0.3, 0.4) is 0 Å². The van der Waals surface area contributed by atoms with Crippen LogP contribution in [0.4, 0.5) is 18.9 Å². The van der Waals surface area contributed by atoms with Crippen LogP contribution in [0.15, 0.2) is 105 Å². The highest BCUT2D eigenvalue weighted by Crippen LogP contribution is 2.44. The molecule has 218 valence electrons. The van der Waals surface area contributed by atoms with Crippen LogP contribution in [-0.4, -0.2) is 12.5 Å². The van der Waals surface area contributed by atoms with Gasteiger partial charge in [0.05, 0.1) is 29.2 Å². The Balaban J connectivity index is 1.52. The fraction of sp³-hybridized carbons (Fsp3) is 0.152. The molecule has 0 N–H and O–H groups in total. The van der Waals surface area contributed by atoms with E-state index in [9.17, 15) is 22.8 Å². The molecule has 1 unspecified atom stereocenters. The molecule has 0 saturated heterocycles. The van der Waals surface area contributed by atoms with Crippen LogP contribution in [0.2, 0.25) is 0 Å². The molecule has 1 amide bonds. The standard InChI is InChI=1S/C33H23BrF3NO5/c1-2-41-27-15-20(11-13-26(27)42-18-19-7-4-3-5-8-19)29-28-30(39)24-17-22(34)12-14-25(24)43-31(28)32(40)38(29)23-10-6-9-21(16-23)33(35,36)37/h3-17,29H,2,18H2,1H3. The van der Waals surface area contributed by atoms with Crippen molar-refractivity contribution in [1.82, 2.24) is 0 Å². The Kier molecular flexibility index (Phi) is 7.47. The van der Waals surface area contributed by atoms with Crippen LogP contribution in [0, 0.1) is 0 Å². The number of carbonyl (C=O) groups is 1. The first kappa shape index (κ1) is 28.5. The molecular weight excluding hydrogens is 627 g/mol. The lowest BCUT2D eigenvalue weighted by atomic mass is 9.97. The number of benzene rings is 4. The average Bonchev–Trinajstić information content (AvgIpc) is 3.29. The number of alkyl halides is 3. The van der Waals surface area contributed by atoms with Gasteiger partial charge in [-0.3, -0.25) is 14.5 Å². The highest BCUT2D eigenvalue weighted by atomic mass is 79.9. The summed E-state index contributed by atoms with van der Waals surface area (Å²) in [6.45, 7) is 2.37. The molecule has 5 aromatic rings. The molecule has 0 bridgehead atoms. The quantitative estimate of drug-likeness (QED) is 0.177. The number of fused-ring (bicyclic) bond motifs is 2. The molecule has 0 aliphatic carbocycles. The Morgan fingerprint density at radius 3 is 2.42 bits per heavy atom. The lowest BCUT2D eigenvalue weighted by molar-refractivity contribution is -0.137. The van der Waals surface area contributed by atoms with Crippen LogP contribution in [-0.2, 0) is 12.8 Å². The Morgan fingerprint density at radius 1 is 0.884 bits per heavy atom. The SMILES string of the molecule is CCOc1cc(C2c3c(oc4ccc(Br)cc4c3=O)C(=O)N2c2cccc(C(F)(F)F)c2)ccc1OCc1ccccc1. The lowest BCUT2D eigenvalue weighted by Gasteiger charge is -2.26. The predicted octanol–water partition coefficient (Wildman–Crippen LogP) is 8.30. The van der Waals surface area contributed by atoms with Gasteiger partial charge in [-0.1, -0.05) is 58.4 Å². The van der Waals surface area contributed by atoms with E-state index in [0.29, 0.717) is 28.1 Å². The van der Waals surface area contributed by atoms with Crippen LogP contribution < -0.4 is 19.8 Å². The van der Waals surface area contributed by atoms with E-state index < -0.39 is 29.1 Å². The summed E-state index contributed by atoms with van der Waals surface area (Å²) < 4.78 is 59.6. The van der Waals surface area contributed by atoms with Crippen LogP contribution in [0.25, 0.3) is 11.0 Å². The minimum absolute atomic E-state index is 0.0217. The number of anilines is 1. The Morgan fingerprint density at radius 2 is 1.67 bits per heavy atom. The summed E-state index contributed by atoms with van der Waals surface area (Å²) in [7, 11) is 0. The first-order chi connectivity index (χ1) is 20.7. The third-order valence-electron chi connectivity index (χ3n) is 7.10. The monoisotopic (exact) mass is 649 g/mol. The molecule has 0 fully saturated rings. The number of ether oxygens (including phenoxy) is 2. The zero-order valence-corrected chi connectivity index (χ0v) is 24.2. The molecule has 6 rings (SSSR count).